The van der Waals surface area contributed by atoms with Crippen molar-refractivity contribution in [3.05, 3.63) is 66.0 Å². The standard InChI is InChI=1S/C20H21N5O/c1-2-25-19(22-13-23-25)14-7-9-15(10-8-14)20(26)24-17-11-16-5-3-4-6-18(16)21-12-17/h3-10,13,17,21H,2,11-12H2,1H3,(H,24,26). The SMILES string of the molecule is CCn1ncnc1-c1ccc(C(=O)NC2CNc3ccccc3C2)cc1. The second-order valence-electron chi connectivity index (χ2n) is 6.39. The summed E-state index contributed by atoms with van der Waals surface area (Å²) in [5.41, 5.74) is 3.99. The van der Waals surface area contributed by atoms with E-state index in [4.69, 9.17) is 0 Å². The van der Waals surface area contributed by atoms with Crippen LogP contribution in [0.1, 0.15) is 22.8 Å². The molecule has 26 heavy (non-hydrogen) atoms. The maximum Gasteiger partial charge on any atom is 0.251 e. The Morgan fingerprint density at radius 1 is 1.23 bits per heavy atom. The maximum absolute atomic E-state index is 12.6. The molecule has 2 N–H and O–H groups in total. The zero-order chi connectivity index (χ0) is 17.9. The number of rotatable bonds is 4. The summed E-state index contributed by atoms with van der Waals surface area (Å²) in [6.07, 6.45) is 2.39. The highest BCUT2D eigenvalue weighted by molar-refractivity contribution is 5.94. The van der Waals surface area contributed by atoms with Crippen LogP contribution in [0.2, 0.25) is 0 Å². The Morgan fingerprint density at radius 3 is 2.85 bits per heavy atom. The van der Waals surface area contributed by atoms with Gasteiger partial charge in [0.15, 0.2) is 5.82 Å². The van der Waals surface area contributed by atoms with E-state index in [-0.39, 0.29) is 11.9 Å². The molecule has 4 rings (SSSR count). The Kier molecular flexibility index (Phi) is 4.39. The van der Waals surface area contributed by atoms with Gasteiger partial charge in [0.2, 0.25) is 0 Å². The predicted molar refractivity (Wildman–Crippen MR) is 101 cm³/mol. The number of fused-ring (bicyclic) bond motifs is 1. The van der Waals surface area contributed by atoms with Gasteiger partial charge in [0.1, 0.15) is 6.33 Å². The molecule has 0 radical (unpaired) electrons. The van der Waals surface area contributed by atoms with Gasteiger partial charge in [0.25, 0.3) is 5.91 Å². The lowest BCUT2D eigenvalue weighted by Gasteiger charge is -2.27. The minimum atomic E-state index is -0.0558. The molecule has 1 aromatic heterocycles. The number of benzene rings is 2. The Bertz CT molecular complexity index is 916. The van der Waals surface area contributed by atoms with Crippen LogP contribution in [0.5, 0.6) is 0 Å². The van der Waals surface area contributed by atoms with Gasteiger partial charge < -0.3 is 10.6 Å². The van der Waals surface area contributed by atoms with Gasteiger partial charge in [0.05, 0.1) is 6.04 Å². The van der Waals surface area contributed by atoms with Crippen molar-refractivity contribution < 1.29 is 4.79 Å². The van der Waals surface area contributed by atoms with Crippen LogP contribution < -0.4 is 10.6 Å². The molecule has 3 aromatic rings. The number of anilines is 1. The first-order chi connectivity index (χ1) is 12.7. The highest BCUT2D eigenvalue weighted by atomic mass is 16.1. The first-order valence-corrected chi connectivity index (χ1v) is 8.85. The molecule has 1 aliphatic rings. The maximum atomic E-state index is 12.6. The summed E-state index contributed by atoms with van der Waals surface area (Å²) in [6.45, 7) is 3.52. The van der Waals surface area contributed by atoms with Crippen LogP contribution in [-0.2, 0) is 13.0 Å². The molecule has 0 aliphatic carbocycles. The molecule has 1 amide bonds. The first-order valence-electron chi connectivity index (χ1n) is 8.85. The Morgan fingerprint density at radius 2 is 2.04 bits per heavy atom. The number of nitrogens with one attached hydrogen (secondary N) is 2. The topological polar surface area (TPSA) is 71.8 Å². The van der Waals surface area contributed by atoms with Crippen molar-refractivity contribution in [1.29, 1.82) is 0 Å². The smallest absolute Gasteiger partial charge is 0.251 e. The van der Waals surface area contributed by atoms with Gasteiger partial charge in [0, 0.05) is 29.9 Å². The number of nitrogens with zero attached hydrogens (tertiary/aromatic N) is 3. The summed E-state index contributed by atoms with van der Waals surface area (Å²) < 4.78 is 1.83. The molecule has 1 aliphatic heterocycles. The summed E-state index contributed by atoms with van der Waals surface area (Å²) in [6, 6.07) is 15.8. The third-order valence-corrected chi connectivity index (χ3v) is 4.68. The molecule has 1 atom stereocenters. The van der Waals surface area contributed by atoms with Gasteiger partial charge in [-0.05, 0) is 37.1 Å². The molecule has 0 spiro atoms. The zero-order valence-corrected chi connectivity index (χ0v) is 14.6. The van der Waals surface area contributed by atoms with Crippen LogP contribution in [0.25, 0.3) is 11.4 Å². The number of hydrogen-bond acceptors (Lipinski definition) is 4. The monoisotopic (exact) mass is 347 g/mol. The summed E-state index contributed by atoms with van der Waals surface area (Å²) >= 11 is 0. The summed E-state index contributed by atoms with van der Waals surface area (Å²) in [5, 5.41) is 10.7. The van der Waals surface area contributed by atoms with Crippen LogP contribution in [-0.4, -0.2) is 33.3 Å². The molecule has 1 unspecified atom stereocenters. The van der Waals surface area contributed by atoms with Gasteiger partial charge in [-0.15, -0.1) is 0 Å². The fourth-order valence-corrected chi connectivity index (χ4v) is 3.30. The fraction of sp³-hybridized carbons (Fsp3) is 0.250. The average Bonchev–Trinajstić information content (AvgIpc) is 3.17. The second-order valence-corrected chi connectivity index (χ2v) is 6.39. The molecule has 0 saturated carbocycles. The third-order valence-electron chi connectivity index (χ3n) is 4.68. The van der Waals surface area contributed by atoms with Crippen molar-refractivity contribution in [3.63, 3.8) is 0 Å². The van der Waals surface area contributed by atoms with E-state index >= 15 is 0 Å². The molecular formula is C20H21N5O. The molecule has 6 nitrogen and oxygen atoms in total. The van der Waals surface area contributed by atoms with E-state index in [2.05, 4.69) is 32.8 Å². The second kappa shape index (κ2) is 7.00. The number of aryl methyl sites for hydroxylation is 1. The quantitative estimate of drug-likeness (QED) is 0.761. The summed E-state index contributed by atoms with van der Waals surface area (Å²) in [5.74, 6) is 0.757. The lowest BCUT2D eigenvalue weighted by molar-refractivity contribution is 0.0938. The van der Waals surface area contributed by atoms with Crippen LogP contribution in [0.3, 0.4) is 0 Å². The van der Waals surface area contributed by atoms with Crippen LogP contribution in [0.4, 0.5) is 5.69 Å². The highest BCUT2D eigenvalue weighted by Gasteiger charge is 2.20. The number of para-hydroxylation sites is 1. The van der Waals surface area contributed by atoms with E-state index in [1.54, 1.807) is 6.33 Å². The van der Waals surface area contributed by atoms with Crippen molar-refractivity contribution in [1.82, 2.24) is 20.1 Å². The van der Waals surface area contributed by atoms with Crippen LogP contribution >= 0.6 is 0 Å². The molecule has 132 valence electrons. The predicted octanol–water partition coefficient (Wildman–Crippen LogP) is 2.73. The van der Waals surface area contributed by atoms with Gasteiger partial charge in [-0.25, -0.2) is 9.67 Å². The summed E-state index contributed by atoms with van der Waals surface area (Å²) in [7, 11) is 0. The summed E-state index contributed by atoms with van der Waals surface area (Å²) in [4.78, 5) is 16.9. The minimum Gasteiger partial charge on any atom is -0.383 e. The zero-order valence-electron chi connectivity index (χ0n) is 14.6. The van der Waals surface area contributed by atoms with Gasteiger partial charge in [-0.3, -0.25) is 4.79 Å². The van der Waals surface area contributed by atoms with E-state index in [1.165, 1.54) is 5.56 Å². The van der Waals surface area contributed by atoms with Crippen molar-refractivity contribution in [2.45, 2.75) is 25.9 Å². The Balaban J connectivity index is 1.44. The number of hydrogen-bond donors (Lipinski definition) is 2. The number of carbonyl (C=O) groups is 1. The Hall–Kier alpha value is -3.15. The number of amides is 1. The first kappa shape index (κ1) is 16.3. The number of aromatic nitrogens is 3. The normalized spacial score (nSPS) is 15.8. The van der Waals surface area contributed by atoms with Crippen molar-refractivity contribution >= 4 is 11.6 Å². The Labute approximate surface area is 152 Å². The van der Waals surface area contributed by atoms with Crippen molar-refractivity contribution in [2.24, 2.45) is 0 Å². The van der Waals surface area contributed by atoms with Crippen LogP contribution in [0.15, 0.2) is 54.9 Å². The number of carbonyl (C=O) groups excluding carboxylic acids is 1. The largest absolute Gasteiger partial charge is 0.383 e. The van der Waals surface area contributed by atoms with E-state index in [0.29, 0.717) is 5.56 Å². The van der Waals surface area contributed by atoms with Crippen molar-refractivity contribution in [3.8, 4) is 11.4 Å². The van der Waals surface area contributed by atoms with E-state index in [9.17, 15) is 4.79 Å². The van der Waals surface area contributed by atoms with Gasteiger partial charge >= 0.3 is 0 Å². The minimum absolute atomic E-state index is 0.0558. The molecule has 2 heterocycles. The van der Waals surface area contributed by atoms with Gasteiger partial charge in [-0.1, -0.05) is 30.3 Å². The molecule has 0 fully saturated rings. The molecule has 0 saturated heterocycles. The van der Waals surface area contributed by atoms with Crippen LogP contribution in [0, 0.1) is 0 Å². The van der Waals surface area contributed by atoms with E-state index < -0.39 is 0 Å². The molecular weight excluding hydrogens is 326 g/mol. The molecule has 6 heteroatoms. The lowest BCUT2D eigenvalue weighted by Crippen LogP contribution is -2.43. The lowest BCUT2D eigenvalue weighted by atomic mass is 9.99. The highest BCUT2D eigenvalue weighted by Crippen LogP contribution is 2.21. The third kappa shape index (κ3) is 3.18. The van der Waals surface area contributed by atoms with Gasteiger partial charge in [-0.2, -0.15) is 5.10 Å². The van der Waals surface area contributed by atoms with Crippen molar-refractivity contribution in [2.75, 3.05) is 11.9 Å². The van der Waals surface area contributed by atoms with E-state index in [0.717, 1.165) is 36.6 Å². The van der Waals surface area contributed by atoms with E-state index in [1.807, 2.05) is 48.0 Å². The fourth-order valence-electron chi connectivity index (χ4n) is 3.30. The molecule has 2 aromatic carbocycles. The molecule has 0 bridgehead atoms. The average molecular weight is 347 g/mol.